The number of aromatic amines is 1. The molecule has 25 heavy (non-hydrogen) atoms. The number of hydrogen-bond donors (Lipinski definition) is 3. The summed E-state index contributed by atoms with van der Waals surface area (Å²) in [5.74, 6) is -0.547. The molecule has 8 heteroatoms. The van der Waals surface area contributed by atoms with Gasteiger partial charge >= 0.3 is 11.7 Å². The molecule has 1 heterocycles. The van der Waals surface area contributed by atoms with Gasteiger partial charge in [0.2, 0.25) is 0 Å². The van der Waals surface area contributed by atoms with Crippen LogP contribution < -0.4 is 21.9 Å². The molecule has 2 rings (SSSR count). The lowest BCUT2D eigenvalue weighted by Crippen LogP contribution is -2.41. The molecule has 2 amide bonds. The first-order valence-corrected chi connectivity index (χ1v) is 7.74. The van der Waals surface area contributed by atoms with Gasteiger partial charge in [0.25, 0.3) is 5.56 Å². The number of anilines is 1. The van der Waals surface area contributed by atoms with Gasteiger partial charge in [-0.25, -0.2) is 14.0 Å². The summed E-state index contributed by atoms with van der Waals surface area (Å²) in [7, 11) is 0. The molecule has 0 aliphatic rings. The lowest BCUT2D eigenvalue weighted by molar-refractivity contribution is 0.251. The van der Waals surface area contributed by atoms with Crippen molar-refractivity contribution in [2.24, 2.45) is 0 Å². The van der Waals surface area contributed by atoms with E-state index < -0.39 is 28.6 Å². The third kappa shape index (κ3) is 4.56. The Bertz CT molecular complexity index is 909. The van der Waals surface area contributed by atoms with Crippen LogP contribution in [0.5, 0.6) is 0 Å². The average molecular weight is 348 g/mol. The van der Waals surface area contributed by atoms with E-state index in [1.54, 1.807) is 13.0 Å². The van der Waals surface area contributed by atoms with Crippen molar-refractivity contribution < 1.29 is 9.18 Å². The first-order chi connectivity index (χ1) is 11.6. The second-order valence-corrected chi connectivity index (χ2v) is 6.75. The SMILES string of the molecule is Cc1ccc(NC(=O)NCc2cn(C(C)(C)C)c(=O)[nH]c2=O)c(F)c1. The van der Waals surface area contributed by atoms with Crippen molar-refractivity contribution in [2.75, 3.05) is 5.32 Å². The van der Waals surface area contributed by atoms with Crippen LogP contribution in [0.15, 0.2) is 34.0 Å². The number of hydrogen-bond acceptors (Lipinski definition) is 3. The second-order valence-electron chi connectivity index (χ2n) is 6.75. The molecule has 0 atom stereocenters. The van der Waals surface area contributed by atoms with Gasteiger partial charge in [0.05, 0.1) is 17.8 Å². The van der Waals surface area contributed by atoms with Crippen molar-refractivity contribution in [3.8, 4) is 0 Å². The monoisotopic (exact) mass is 348 g/mol. The Kier molecular flexibility index (Phi) is 5.10. The number of carbonyl (C=O) groups is 1. The normalized spacial score (nSPS) is 11.2. The largest absolute Gasteiger partial charge is 0.334 e. The number of amides is 2. The van der Waals surface area contributed by atoms with Crippen LogP contribution >= 0.6 is 0 Å². The lowest BCUT2D eigenvalue weighted by atomic mass is 10.1. The molecule has 0 unspecified atom stereocenters. The molecule has 2 aromatic rings. The third-order valence-electron chi connectivity index (χ3n) is 3.55. The fourth-order valence-corrected chi connectivity index (χ4v) is 2.20. The van der Waals surface area contributed by atoms with E-state index in [9.17, 15) is 18.8 Å². The summed E-state index contributed by atoms with van der Waals surface area (Å²) in [6.07, 6.45) is 1.41. The van der Waals surface area contributed by atoms with Crippen molar-refractivity contribution in [1.29, 1.82) is 0 Å². The number of H-pyrrole nitrogens is 1. The number of rotatable bonds is 3. The number of carbonyl (C=O) groups excluding carboxylic acids is 1. The molecule has 7 nitrogen and oxygen atoms in total. The van der Waals surface area contributed by atoms with Crippen molar-refractivity contribution in [2.45, 2.75) is 39.8 Å². The second kappa shape index (κ2) is 6.92. The maximum absolute atomic E-state index is 13.7. The molecule has 3 N–H and O–H groups in total. The zero-order valence-corrected chi connectivity index (χ0v) is 14.6. The Morgan fingerprint density at radius 3 is 2.56 bits per heavy atom. The van der Waals surface area contributed by atoms with Crippen LogP contribution in [0.2, 0.25) is 0 Å². The van der Waals surface area contributed by atoms with E-state index in [-0.39, 0.29) is 17.8 Å². The summed E-state index contributed by atoms with van der Waals surface area (Å²) in [4.78, 5) is 37.9. The number of halogens is 1. The van der Waals surface area contributed by atoms with Gasteiger partial charge in [0.1, 0.15) is 5.82 Å². The maximum Gasteiger partial charge on any atom is 0.328 e. The Hall–Kier alpha value is -2.90. The molecule has 0 saturated carbocycles. The number of aryl methyl sites for hydroxylation is 1. The minimum Gasteiger partial charge on any atom is -0.334 e. The van der Waals surface area contributed by atoms with Crippen LogP contribution in [0.25, 0.3) is 0 Å². The highest BCUT2D eigenvalue weighted by Crippen LogP contribution is 2.15. The highest BCUT2D eigenvalue weighted by atomic mass is 19.1. The van der Waals surface area contributed by atoms with Crippen molar-refractivity contribution in [3.05, 3.63) is 62.2 Å². The molecule has 0 saturated heterocycles. The van der Waals surface area contributed by atoms with Crippen LogP contribution in [0.1, 0.15) is 31.9 Å². The highest BCUT2D eigenvalue weighted by molar-refractivity contribution is 5.89. The Morgan fingerprint density at radius 1 is 1.28 bits per heavy atom. The number of benzene rings is 1. The molecule has 134 valence electrons. The van der Waals surface area contributed by atoms with Crippen molar-refractivity contribution in [1.82, 2.24) is 14.9 Å². The van der Waals surface area contributed by atoms with E-state index in [1.165, 1.54) is 22.9 Å². The molecule has 1 aromatic carbocycles. The van der Waals surface area contributed by atoms with Crippen LogP contribution in [-0.2, 0) is 12.1 Å². The van der Waals surface area contributed by atoms with Gasteiger partial charge < -0.3 is 10.6 Å². The van der Waals surface area contributed by atoms with Gasteiger partial charge in [-0.3, -0.25) is 14.3 Å². The molecule has 0 bridgehead atoms. The van der Waals surface area contributed by atoms with Crippen molar-refractivity contribution >= 4 is 11.7 Å². The maximum atomic E-state index is 13.7. The van der Waals surface area contributed by atoms with Crippen LogP contribution in [-0.4, -0.2) is 15.6 Å². The fourth-order valence-electron chi connectivity index (χ4n) is 2.20. The van der Waals surface area contributed by atoms with Gasteiger partial charge in [0, 0.05) is 11.7 Å². The number of urea groups is 1. The number of nitrogens with one attached hydrogen (secondary N) is 3. The molecule has 0 radical (unpaired) electrons. The van der Waals surface area contributed by atoms with E-state index in [1.807, 2.05) is 20.8 Å². The fraction of sp³-hybridized carbons (Fsp3) is 0.353. The van der Waals surface area contributed by atoms with Gasteiger partial charge in [-0.1, -0.05) is 6.07 Å². The zero-order chi connectivity index (χ0) is 18.8. The van der Waals surface area contributed by atoms with Crippen LogP contribution in [0.4, 0.5) is 14.9 Å². The Labute approximate surface area is 143 Å². The molecular weight excluding hydrogens is 327 g/mol. The van der Waals surface area contributed by atoms with Gasteiger partial charge in [-0.05, 0) is 45.4 Å². The molecule has 0 spiro atoms. The number of nitrogens with zero attached hydrogens (tertiary/aromatic N) is 1. The average Bonchev–Trinajstić information content (AvgIpc) is 2.48. The minimum absolute atomic E-state index is 0.0386. The Balaban J connectivity index is 2.12. The molecule has 0 fully saturated rings. The summed E-state index contributed by atoms with van der Waals surface area (Å²) in [5, 5.41) is 4.85. The summed E-state index contributed by atoms with van der Waals surface area (Å²) in [6.45, 7) is 7.08. The van der Waals surface area contributed by atoms with Crippen LogP contribution in [0.3, 0.4) is 0 Å². The predicted octanol–water partition coefficient (Wildman–Crippen LogP) is 2.06. The topological polar surface area (TPSA) is 96.0 Å². The van der Waals surface area contributed by atoms with E-state index in [0.717, 1.165) is 5.56 Å². The standard InChI is InChI=1S/C17H21FN4O3/c1-10-5-6-13(12(18)7-10)20-15(24)19-8-11-9-22(17(2,3)4)16(25)21-14(11)23/h5-7,9H,8H2,1-4H3,(H2,19,20,24)(H,21,23,25). The first kappa shape index (κ1) is 18.4. The molecular formula is C17H21FN4O3. The van der Waals surface area contributed by atoms with E-state index in [0.29, 0.717) is 0 Å². The zero-order valence-electron chi connectivity index (χ0n) is 14.6. The van der Waals surface area contributed by atoms with E-state index >= 15 is 0 Å². The molecule has 0 aliphatic heterocycles. The van der Waals surface area contributed by atoms with Crippen molar-refractivity contribution in [3.63, 3.8) is 0 Å². The summed E-state index contributed by atoms with van der Waals surface area (Å²) < 4.78 is 15.1. The van der Waals surface area contributed by atoms with E-state index in [2.05, 4.69) is 15.6 Å². The first-order valence-electron chi connectivity index (χ1n) is 7.74. The predicted molar refractivity (Wildman–Crippen MR) is 93.3 cm³/mol. The molecule has 1 aromatic heterocycles. The third-order valence-corrected chi connectivity index (χ3v) is 3.55. The minimum atomic E-state index is -0.657. The number of aromatic nitrogens is 2. The van der Waals surface area contributed by atoms with Gasteiger partial charge in [0.15, 0.2) is 0 Å². The quantitative estimate of drug-likeness (QED) is 0.792. The van der Waals surface area contributed by atoms with E-state index in [4.69, 9.17) is 0 Å². The summed E-state index contributed by atoms with van der Waals surface area (Å²) in [5.41, 5.74) is -0.631. The smallest absolute Gasteiger partial charge is 0.328 e. The lowest BCUT2D eigenvalue weighted by Gasteiger charge is -2.22. The highest BCUT2D eigenvalue weighted by Gasteiger charge is 2.17. The van der Waals surface area contributed by atoms with Crippen LogP contribution in [0, 0.1) is 12.7 Å². The Morgan fingerprint density at radius 2 is 1.96 bits per heavy atom. The molecule has 0 aliphatic carbocycles. The van der Waals surface area contributed by atoms with Gasteiger partial charge in [-0.15, -0.1) is 0 Å². The summed E-state index contributed by atoms with van der Waals surface area (Å²) >= 11 is 0. The summed E-state index contributed by atoms with van der Waals surface area (Å²) in [6, 6.07) is 3.77. The van der Waals surface area contributed by atoms with Gasteiger partial charge in [-0.2, -0.15) is 0 Å².